The zero-order chi connectivity index (χ0) is 9.14. The molecule has 0 spiro atoms. The molecule has 1 heterocycles. The Morgan fingerprint density at radius 1 is 1.67 bits per heavy atom. The molecule has 68 valence electrons. The van der Waals surface area contributed by atoms with E-state index in [0.717, 1.165) is 10.4 Å². The highest BCUT2D eigenvalue weighted by atomic mass is 32.1. The van der Waals surface area contributed by atoms with Gasteiger partial charge in [0.15, 0.2) is 0 Å². The number of hydrogen-bond donors (Lipinski definition) is 3. The molecule has 12 heavy (non-hydrogen) atoms. The lowest BCUT2D eigenvalue weighted by Gasteiger charge is -2.14. The van der Waals surface area contributed by atoms with E-state index in [2.05, 4.69) is 0 Å². The molecule has 1 rings (SSSR count). The summed E-state index contributed by atoms with van der Waals surface area (Å²) in [7, 11) is 0. The molecule has 0 saturated carbocycles. The Morgan fingerprint density at radius 3 is 2.83 bits per heavy atom. The summed E-state index contributed by atoms with van der Waals surface area (Å²) in [6.07, 6.45) is -0.579. The Kier molecular flexibility index (Phi) is 3.22. The summed E-state index contributed by atoms with van der Waals surface area (Å²) in [5.41, 5.74) is 6.55. The second kappa shape index (κ2) is 4.00. The number of hydrogen-bond acceptors (Lipinski definition) is 4. The molecule has 4 heteroatoms. The average Bonchev–Trinajstić information content (AvgIpc) is 2.49. The predicted octanol–water partition coefficient (Wildman–Crippen LogP) is 0.621. The summed E-state index contributed by atoms with van der Waals surface area (Å²) in [4.78, 5) is 0.836. The molecular formula is C8H13NO2S. The van der Waals surface area contributed by atoms with Gasteiger partial charge in [-0.2, -0.15) is 0 Å². The van der Waals surface area contributed by atoms with Gasteiger partial charge in [-0.05, 0) is 23.9 Å². The highest BCUT2D eigenvalue weighted by Gasteiger charge is 2.15. The van der Waals surface area contributed by atoms with Crippen LogP contribution >= 0.6 is 11.3 Å². The van der Waals surface area contributed by atoms with Crippen molar-refractivity contribution in [1.82, 2.24) is 0 Å². The van der Waals surface area contributed by atoms with Crippen LogP contribution in [0.3, 0.4) is 0 Å². The number of aliphatic hydroxyl groups excluding tert-OH is 2. The normalized spacial score (nSPS) is 16.0. The number of rotatable bonds is 3. The van der Waals surface area contributed by atoms with Crippen LogP contribution in [-0.4, -0.2) is 16.3 Å². The van der Waals surface area contributed by atoms with Gasteiger partial charge in [-0.1, -0.05) is 0 Å². The Morgan fingerprint density at radius 2 is 2.33 bits per heavy atom. The number of nitrogens with two attached hydrogens (primary N) is 1. The maximum atomic E-state index is 9.21. The van der Waals surface area contributed by atoms with Crippen LogP contribution in [0, 0.1) is 0 Å². The first kappa shape index (κ1) is 9.67. The van der Waals surface area contributed by atoms with Crippen molar-refractivity contribution in [2.45, 2.75) is 25.7 Å². The van der Waals surface area contributed by atoms with Gasteiger partial charge in [-0.3, -0.25) is 0 Å². The number of aliphatic hydroxyl groups is 2. The molecule has 0 bridgehead atoms. The van der Waals surface area contributed by atoms with Gasteiger partial charge in [-0.15, -0.1) is 11.3 Å². The van der Waals surface area contributed by atoms with E-state index in [9.17, 15) is 5.11 Å². The van der Waals surface area contributed by atoms with Gasteiger partial charge in [0.25, 0.3) is 0 Å². The predicted molar refractivity (Wildman–Crippen MR) is 48.9 cm³/mol. The minimum Gasteiger partial charge on any atom is -0.391 e. The lowest BCUT2D eigenvalue weighted by molar-refractivity contribution is 0.163. The Balaban J connectivity index is 2.86. The molecule has 0 amide bonds. The molecule has 2 atom stereocenters. The van der Waals surface area contributed by atoms with Crippen LogP contribution in [0.4, 0.5) is 0 Å². The van der Waals surface area contributed by atoms with E-state index in [-0.39, 0.29) is 6.61 Å². The molecule has 1 aromatic rings. The van der Waals surface area contributed by atoms with Crippen LogP contribution in [0.2, 0.25) is 0 Å². The quantitative estimate of drug-likeness (QED) is 0.650. The van der Waals surface area contributed by atoms with Crippen molar-refractivity contribution in [2.75, 3.05) is 0 Å². The highest BCUT2D eigenvalue weighted by molar-refractivity contribution is 7.10. The van der Waals surface area contributed by atoms with Crippen molar-refractivity contribution in [3.63, 3.8) is 0 Å². The van der Waals surface area contributed by atoms with Crippen molar-refractivity contribution in [3.8, 4) is 0 Å². The van der Waals surface area contributed by atoms with E-state index in [1.54, 1.807) is 6.92 Å². The molecule has 1 aromatic heterocycles. The van der Waals surface area contributed by atoms with Crippen LogP contribution in [0.5, 0.6) is 0 Å². The molecule has 3 nitrogen and oxygen atoms in total. The standard InChI is InChI=1S/C8H13NO2S/c1-5(11)8(9)6-2-3-12-7(6)4-10/h2-3,5,8,10-11H,4,9H2,1H3. The fraction of sp³-hybridized carbons (Fsp3) is 0.500. The van der Waals surface area contributed by atoms with Gasteiger partial charge < -0.3 is 15.9 Å². The van der Waals surface area contributed by atoms with Crippen molar-refractivity contribution < 1.29 is 10.2 Å². The van der Waals surface area contributed by atoms with Crippen LogP contribution in [0.15, 0.2) is 11.4 Å². The monoisotopic (exact) mass is 187 g/mol. The van der Waals surface area contributed by atoms with Gasteiger partial charge in [0.2, 0.25) is 0 Å². The summed E-state index contributed by atoms with van der Waals surface area (Å²) in [6.45, 7) is 1.64. The molecule has 0 aromatic carbocycles. The Bertz CT molecular complexity index is 247. The molecule has 0 aliphatic carbocycles. The maximum absolute atomic E-state index is 9.21. The number of thiophene rings is 1. The lowest BCUT2D eigenvalue weighted by atomic mass is 10.0. The smallest absolute Gasteiger partial charge is 0.0777 e. The first-order chi connectivity index (χ1) is 5.66. The molecule has 0 aliphatic rings. The van der Waals surface area contributed by atoms with E-state index in [0.29, 0.717) is 0 Å². The molecular weight excluding hydrogens is 174 g/mol. The summed E-state index contributed by atoms with van der Waals surface area (Å²) in [5.74, 6) is 0. The Labute approximate surface area is 75.5 Å². The molecule has 0 saturated heterocycles. The summed E-state index contributed by atoms with van der Waals surface area (Å²) < 4.78 is 0. The van der Waals surface area contributed by atoms with Gasteiger partial charge in [0.05, 0.1) is 18.8 Å². The zero-order valence-electron chi connectivity index (χ0n) is 6.90. The van der Waals surface area contributed by atoms with Crippen LogP contribution in [-0.2, 0) is 6.61 Å². The molecule has 4 N–H and O–H groups in total. The van der Waals surface area contributed by atoms with Crippen molar-refractivity contribution in [3.05, 3.63) is 21.9 Å². The molecule has 0 aliphatic heterocycles. The topological polar surface area (TPSA) is 66.5 Å². The van der Waals surface area contributed by atoms with Crippen molar-refractivity contribution in [1.29, 1.82) is 0 Å². The van der Waals surface area contributed by atoms with E-state index < -0.39 is 12.1 Å². The third-order valence-electron chi connectivity index (χ3n) is 1.80. The SMILES string of the molecule is CC(O)C(N)c1ccsc1CO. The summed E-state index contributed by atoms with van der Waals surface area (Å²) in [5, 5.41) is 20.0. The fourth-order valence-electron chi connectivity index (χ4n) is 1.04. The van der Waals surface area contributed by atoms with E-state index in [4.69, 9.17) is 10.8 Å². The van der Waals surface area contributed by atoms with Crippen LogP contribution in [0.1, 0.15) is 23.4 Å². The minimum absolute atomic E-state index is 0.00653. The van der Waals surface area contributed by atoms with Crippen molar-refractivity contribution in [2.24, 2.45) is 5.73 Å². The Hall–Kier alpha value is -0.420. The summed E-state index contributed by atoms with van der Waals surface area (Å²) >= 11 is 1.45. The first-order valence-corrected chi connectivity index (χ1v) is 4.65. The third-order valence-corrected chi connectivity index (χ3v) is 2.72. The lowest BCUT2D eigenvalue weighted by Crippen LogP contribution is -2.23. The molecule has 2 unspecified atom stereocenters. The third kappa shape index (κ3) is 1.84. The van der Waals surface area contributed by atoms with Crippen LogP contribution in [0.25, 0.3) is 0 Å². The fourth-order valence-corrected chi connectivity index (χ4v) is 1.83. The molecule has 0 radical (unpaired) electrons. The second-order valence-corrected chi connectivity index (χ2v) is 3.72. The second-order valence-electron chi connectivity index (χ2n) is 2.72. The maximum Gasteiger partial charge on any atom is 0.0777 e. The van der Waals surface area contributed by atoms with E-state index >= 15 is 0 Å². The highest BCUT2D eigenvalue weighted by Crippen LogP contribution is 2.23. The van der Waals surface area contributed by atoms with Gasteiger partial charge in [0, 0.05) is 4.88 Å². The molecule has 0 fully saturated rings. The zero-order valence-corrected chi connectivity index (χ0v) is 7.71. The van der Waals surface area contributed by atoms with Gasteiger partial charge in [0.1, 0.15) is 0 Å². The van der Waals surface area contributed by atoms with Crippen LogP contribution < -0.4 is 5.73 Å². The first-order valence-electron chi connectivity index (χ1n) is 3.77. The van der Waals surface area contributed by atoms with Gasteiger partial charge >= 0.3 is 0 Å². The largest absolute Gasteiger partial charge is 0.391 e. The average molecular weight is 187 g/mol. The minimum atomic E-state index is -0.579. The van der Waals surface area contributed by atoms with Crippen molar-refractivity contribution >= 4 is 11.3 Å². The van der Waals surface area contributed by atoms with E-state index in [1.807, 2.05) is 11.4 Å². The van der Waals surface area contributed by atoms with Gasteiger partial charge in [-0.25, -0.2) is 0 Å². The summed E-state index contributed by atoms with van der Waals surface area (Å²) in [6, 6.07) is 1.45. The van der Waals surface area contributed by atoms with E-state index in [1.165, 1.54) is 11.3 Å².